The first kappa shape index (κ1) is 12.5. The quantitative estimate of drug-likeness (QED) is 0.478. The number of hydrazine groups is 1. The van der Waals surface area contributed by atoms with Gasteiger partial charge in [-0.25, -0.2) is 5.43 Å². The van der Waals surface area contributed by atoms with Crippen molar-refractivity contribution in [2.45, 2.75) is 24.3 Å². The van der Waals surface area contributed by atoms with E-state index < -0.39 is 0 Å². The van der Waals surface area contributed by atoms with Crippen LogP contribution in [-0.2, 0) is 4.74 Å². The highest BCUT2D eigenvalue weighted by atomic mass is 32.2. The van der Waals surface area contributed by atoms with E-state index in [0.717, 1.165) is 24.5 Å². The molecule has 17 heavy (non-hydrogen) atoms. The van der Waals surface area contributed by atoms with E-state index in [4.69, 9.17) is 10.6 Å². The third-order valence-corrected chi connectivity index (χ3v) is 3.77. The molecule has 1 unspecified atom stereocenters. The first-order valence-electron chi connectivity index (χ1n) is 5.78. The van der Waals surface area contributed by atoms with Crippen LogP contribution in [0.2, 0.25) is 0 Å². The van der Waals surface area contributed by atoms with Crippen LogP contribution in [0.5, 0.6) is 0 Å². The smallest absolute Gasteiger partial charge is 0.111 e. The van der Waals surface area contributed by atoms with Gasteiger partial charge >= 0.3 is 0 Å². The second kappa shape index (κ2) is 6.10. The Kier molecular flexibility index (Phi) is 4.48. The third kappa shape index (κ3) is 3.49. The number of benzene rings is 1. The van der Waals surface area contributed by atoms with E-state index in [1.54, 1.807) is 11.8 Å². The van der Waals surface area contributed by atoms with Crippen LogP contribution in [0.4, 0.5) is 0 Å². The summed E-state index contributed by atoms with van der Waals surface area (Å²) in [4.78, 5) is 1.27. The SMILES string of the molecule is Cc1cccc(SCC(NN)C2=CCCO2)c1. The molecule has 2 rings (SSSR count). The molecule has 3 N–H and O–H groups in total. The fourth-order valence-corrected chi connectivity index (χ4v) is 2.84. The number of aryl methyl sites for hydroxylation is 1. The van der Waals surface area contributed by atoms with Crippen molar-refractivity contribution in [1.82, 2.24) is 5.43 Å². The molecule has 1 aliphatic heterocycles. The van der Waals surface area contributed by atoms with Crippen LogP contribution in [0.3, 0.4) is 0 Å². The molecule has 1 atom stereocenters. The molecule has 4 heteroatoms. The van der Waals surface area contributed by atoms with Crippen LogP contribution in [0.15, 0.2) is 41.0 Å². The molecule has 1 aliphatic rings. The van der Waals surface area contributed by atoms with Crippen molar-refractivity contribution in [2.24, 2.45) is 5.84 Å². The highest BCUT2D eigenvalue weighted by Crippen LogP contribution is 2.23. The summed E-state index contributed by atoms with van der Waals surface area (Å²) >= 11 is 1.79. The van der Waals surface area contributed by atoms with E-state index >= 15 is 0 Å². The predicted molar refractivity (Wildman–Crippen MR) is 71.7 cm³/mol. The van der Waals surface area contributed by atoms with Gasteiger partial charge in [0.1, 0.15) is 5.76 Å². The Bertz CT molecular complexity index is 406. The maximum atomic E-state index is 5.56. The molecule has 0 saturated carbocycles. The Morgan fingerprint density at radius 1 is 1.53 bits per heavy atom. The fraction of sp³-hybridized carbons (Fsp3) is 0.385. The van der Waals surface area contributed by atoms with Crippen LogP contribution in [-0.4, -0.2) is 18.4 Å². The zero-order chi connectivity index (χ0) is 12.1. The zero-order valence-electron chi connectivity index (χ0n) is 9.98. The Labute approximate surface area is 106 Å². The standard InChI is InChI=1S/C13H18N2OS/c1-10-4-2-5-11(8-10)17-9-12(15-14)13-6-3-7-16-13/h2,4-6,8,12,15H,3,7,9,14H2,1H3. The number of hydrogen-bond donors (Lipinski definition) is 2. The highest BCUT2D eigenvalue weighted by Gasteiger charge is 2.17. The number of nitrogens with one attached hydrogen (secondary N) is 1. The second-order valence-corrected chi connectivity index (χ2v) is 5.18. The monoisotopic (exact) mass is 250 g/mol. The van der Waals surface area contributed by atoms with E-state index in [0.29, 0.717) is 0 Å². The van der Waals surface area contributed by atoms with Gasteiger partial charge in [0.2, 0.25) is 0 Å². The molecule has 0 aliphatic carbocycles. The molecule has 0 amide bonds. The summed E-state index contributed by atoms with van der Waals surface area (Å²) in [6.07, 6.45) is 3.10. The Hall–Kier alpha value is -0.970. The van der Waals surface area contributed by atoms with Crippen LogP contribution < -0.4 is 11.3 Å². The summed E-state index contributed by atoms with van der Waals surface area (Å²) in [5.74, 6) is 7.42. The van der Waals surface area contributed by atoms with Gasteiger partial charge in [0.05, 0.1) is 12.6 Å². The van der Waals surface area contributed by atoms with Gasteiger partial charge in [0, 0.05) is 17.1 Å². The normalized spacial score (nSPS) is 16.5. The number of rotatable bonds is 5. The first-order valence-corrected chi connectivity index (χ1v) is 6.76. The van der Waals surface area contributed by atoms with E-state index in [1.165, 1.54) is 10.5 Å². The Balaban J connectivity index is 1.91. The van der Waals surface area contributed by atoms with Crippen molar-refractivity contribution in [3.63, 3.8) is 0 Å². The van der Waals surface area contributed by atoms with E-state index in [9.17, 15) is 0 Å². The molecule has 1 aromatic rings. The third-order valence-electron chi connectivity index (χ3n) is 2.68. The molecular weight excluding hydrogens is 232 g/mol. The van der Waals surface area contributed by atoms with E-state index in [1.807, 2.05) is 0 Å². The van der Waals surface area contributed by atoms with Crippen molar-refractivity contribution in [3.8, 4) is 0 Å². The average Bonchev–Trinajstić information content (AvgIpc) is 2.84. The van der Waals surface area contributed by atoms with Gasteiger partial charge < -0.3 is 4.74 Å². The average molecular weight is 250 g/mol. The van der Waals surface area contributed by atoms with Crippen molar-refractivity contribution >= 4 is 11.8 Å². The van der Waals surface area contributed by atoms with Crippen molar-refractivity contribution in [1.29, 1.82) is 0 Å². The van der Waals surface area contributed by atoms with Gasteiger partial charge in [-0.15, -0.1) is 11.8 Å². The van der Waals surface area contributed by atoms with Gasteiger partial charge in [-0.1, -0.05) is 17.7 Å². The predicted octanol–water partition coefficient (Wildman–Crippen LogP) is 2.22. The van der Waals surface area contributed by atoms with Gasteiger partial charge in [-0.3, -0.25) is 5.84 Å². The lowest BCUT2D eigenvalue weighted by molar-refractivity contribution is 0.220. The molecule has 0 bridgehead atoms. The summed E-state index contributed by atoms with van der Waals surface area (Å²) in [5, 5.41) is 0. The van der Waals surface area contributed by atoms with Gasteiger partial charge in [-0.05, 0) is 25.1 Å². The summed E-state index contributed by atoms with van der Waals surface area (Å²) < 4.78 is 5.52. The number of nitrogens with two attached hydrogens (primary N) is 1. The molecule has 0 saturated heterocycles. The van der Waals surface area contributed by atoms with Gasteiger partial charge in [0.15, 0.2) is 0 Å². The minimum Gasteiger partial charge on any atom is -0.496 e. The Morgan fingerprint density at radius 2 is 2.41 bits per heavy atom. The first-order chi connectivity index (χ1) is 8.29. The maximum Gasteiger partial charge on any atom is 0.111 e. The molecule has 0 fully saturated rings. The summed E-state index contributed by atoms with van der Waals surface area (Å²) in [6.45, 7) is 2.88. The molecule has 1 aromatic carbocycles. The van der Waals surface area contributed by atoms with Gasteiger partial charge in [-0.2, -0.15) is 0 Å². The molecular formula is C13H18N2OS. The molecule has 92 valence electrons. The lowest BCUT2D eigenvalue weighted by atomic mass is 10.2. The largest absolute Gasteiger partial charge is 0.496 e. The molecule has 3 nitrogen and oxygen atoms in total. The van der Waals surface area contributed by atoms with E-state index in [-0.39, 0.29) is 6.04 Å². The van der Waals surface area contributed by atoms with Gasteiger partial charge in [0.25, 0.3) is 0 Å². The molecule has 0 aromatic heterocycles. The lowest BCUT2D eigenvalue weighted by Crippen LogP contribution is -2.38. The highest BCUT2D eigenvalue weighted by molar-refractivity contribution is 7.99. The minimum absolute atomic E-state index is 0.100. The van der Waals surface area contributed by atoms with Crippen molar-refractivity contribution < 1.29 is 4.74 Å². The second-order valence-electron chi connectivity index (χ2n) is 4.09. The number of thioether (sulfide) groups is 1. The summed E-state index contributed by atoms with van der Waals surface area (Å²) in [7, 11) is 0. The molecule has 0 radical (unpaired) electrons. The molecule has 0 spiro atoms. The van der Waals surface area contributed by atoms with Crippen LogP contribution >= 0.6 is 11.8 Å². The molecule has 1 heterocycles. The van der Waals surface area contributed by atoms with Crippen molar-refractivity contribution in [2.75, 3.05) is 12.4 Å². The Morgan fingerprint density at radius 3 is 3.06 bits per heavy atom. The topological polar surface area (TPSA) is 47.3 Å². The summed E-state index contributed by atoms with van der Waals surface area (Å²) in [6, 6.07) is 8.58. The maximum absolute atomic E-state index is 5.56. The lowest BCUT2D eigenvalue weighted by Gasteiger charge is -2.16. The van der Waals surface area contributed by atoms with Crippen LogP contribution in [0, 0.1) is 6.92 Å². The number of hydrogen-bond acceptors (Lipinski definition) is 4. The number of ether oxygens (including phenoxy) is 1. The van der Waals surface area contributed by atoms with E-state index in [2.05, 4.69) is 42.7 Å². The minimum atomic E-state index is 0.100. The van der Waals surface area contributed by atoms with Crippen LogP contribution in [0.1, 0.15) is 12.0 Å². The zero-order valence-corrected chi connectivity index (χ0v) is 10.8. The van der Waals surface area contributed by atoms with Crippen molar-refractivity contribution in [3.05, 3.63) is 41.7 Å². The van der Waals surface area contributed by atoms with Crippen LogP contribution in [0.25, 0.3) is 0 Å². The summed E-state index contributed by atoms with van der Waals surface area (Å²) in [5.41, 5.74) is 4.10. The fourth-order valence-electron chi connectivity index (χ4n) is 1.78.